The van der Waals surface area contributed by atoms with Crippen molar-refractivity contribution in [1.82, 2.24) is 19.5 Å². The van der Waals surface area contributed by atoms with Crippen molar-refractivity contribution >= 4 is 34.4 Å². The van der Waals surface area contributed by atoms with Crippen molar-refractivity contribution in [1.29, 1.82) is 0 Å². The van der Waals surface area contributed by atoms with Gasteiger partial charge in [0.2, 0.25) is 11.5 Å². The summed E-state index contributed by atoms with van der Waals surface area (Å²) in [6, 6.07) is 10.3. The first-order chi connectivity index (χ1) is 17.8. The zero-order chi connectivity index (χ0) is 25.8. The minimum absolute atomic E-state index is 0.00398. The number of H-pyrrole nitrogens is 2. The molecule has 0 radical (unpaired) electrons. The number of fused-ring (bicyclic) bond motifs is 2. The number of rotatable bonds is 4. The Kier molecular flexibility index (Phi) is 5.32. The van der Waals surface area contributed by atoms with Crippen molar-refractivity contribution in [3.63, 3.8) is 0 Å². The number of ketones is 1. The molecule has 1 amide bonds. The molecule has 0 atom stereocenters. The second-order valence-electron chi connectivity index (χ2n) is 9.77. The monoisotopic (exact) mass is 498 g/mol. The van der Waals surface area contributed by atoms with Gasteiger partial charge in [-0.1, -0.05) is 0 Å². The summed E-state index contributed by atoms with van der Waals surface area (Å²) in [4.78, 5) is 64.2. The van der Waals surface area contributed by atoms with Gasteiger partial charge in [0.15, 0.2) is 11.4 Å². The highest BCUT2D eigenvalue weighted by atomic mass is 16.2. The third-order valence-electron chi connectivity index (χ3n) is 7.45. The van der Waals surface area contributed by atoms with Gasteiger partial charge >= 0.3 is 5.69 Å². The molecule has 5 heterocycles. The summed E-state index contributed by atoms with van der Waals surface area (Å²) in [6.45, 7) is 3.11. The predicted molar refractivity (Wildman–Crippen MR) is 140 cm³/mol. The second-order valence-corrected chi connectivity index (χ2v) is 9.77. The minimum atomic E-state index is -0.352. The second kappa shape index (κ2) is 8.58. The quantitative estimate of drug-likeness (QED) is 0.416. The lowest BCUT2D eigenvalue weighted by molar-refractivity contribution is -0.117. The molecule has 188 valence electrons. The number of hydrogen-bond donors (Lipinski definition) is 2. The highest BCUT2D eigenvalue weighted by molar-refractivity contribution is 6.11. The molecule has 1 saturated heterocycles. The summed E-state index contributed by atoms with van der Waals surface area (Å²) >= 11 is 0. The topological polar surface area (TPSA) is 124 Å². The Bertz CT molecular complexity index is 1690. The zero-order valence-electron chi connectivity index (χ0n) is 20.6. The average Bonchev–Trinajstić information content (AvgIpc) is 3.38. The zero-order valence-corrected chi connectivity index (χ0v) is 20.6. The normalized spacial score (nSPS) is 16.0. The van der Waals surface area contributed by atoms with Gasteiger partial charge in [-0.25, -0.2) is 9.78 Å². The number of carbonyl (C=O) groups excluding carboxylic acids is 2. The van der Waals surface area contributed by atoms with E-state index in [1.807, 2.05) is 24.0 Å². The molecule has 37 heavy (non-hydrogen) atoms. The number of likely N-dealkylation sites (N-methyl/N-ethyl adjacent to an activating group) is 1. The number of imidazole rings is 1. The fourth-order valence-corrected chi connectivity index (χ4v) is 5.69. The third-order valence-corrected chi connectivity index (χ3v) is 7.45. The lowest BCUT2D eigenvalue weighted by atomic mass is 9.97. The summed E-state index contributed by atoms with van der Waals surface area (Å²) in [5, 5.41) is 0. The summed E-state index contributed by atoms with van der Waals surface area (Å²) < 4.78 is 1.76. The van der Waals surface area contributed by atoms with E-state index in [0.29, 0.717) is 48.5 Å². The van der Waals surface area contributed by atoms with Crippen molar-refractivity contribution < 1.29 is 9.59 Å². The van der Waals surface area contributed by atoms with Gasteiger partial charge in [-0.05, 0) is 61.2 Å². The highest BCUT2D eigenvalue weighted by Gasteiger charge is 2.28. The van der Waals surface area contributed by atoms with E-state index in [4.69, 9.17) is 0 Å². The Morgan fingerprint density at radius 2 is 1.78 bits per heavy atom. The van der Waals surface area contributed by atoms with Crippen molar-refractivity contribution in [2.75, 3.05) is 29.9 Å². The van der Waals surface area contributed by atoms with E-state index in [0.717, 1.165) is 22.3 Å². The van der Waals surface area contributed by atoms with Gasteiger partial charge in [-0.15, -0.1) is 0 Å². The van der Waals surface area contributed by atoms with Crippen LogP contribution in [0.3, 0.4) is 0 Å². The van der Waals surface area contributed by atoms with Crippen LogP contribution in [-0.2, 0) is 11.2 Å². The molecule has 3 aromatic heterocycles. The Balaban J connectivity index is 1.25. The van der Waals surface area contributed by atoms with Crippen LogP contribution >= 0.6 is 0 Å². The molecule has 10 heteroatoms. The highest BCUT2D eigenvalue weighted by Crippen LogP contribution is 2.33. The number of nitrogens with zero attached hydrogens (tertiary/aromatic N) is 4. The molecule has 2 aliphatic heterocycles. The minimum Gasteiger partial charge on any atom is -0.358 e. The van der Waals surface area contributed by atoms with Crippen molar-refractivity contribution in [3.05, 3.63) is 85.7 Å². The maximum Gasteiger partial charge on any atom is 0.327 e. The van der Waals surface area contributed by atoms with Crippen molar-refractivity contribution in [3.8, 4) is 0 Å². The molecule has 2 aliphatic rings. The number of pyridine rings is 2. The standard InChI is InChI=1S/C27H26N6O4/c1-15-10-17(11-16-14-23(35)31(2)24(15)16)25(36)18-12-21(29-22(34)13-18)32-8-5-19(6-9-32)33-20-4-3-7-28-26(20)30-27(33)37/h3-4,7,10-13,19H,5-6,8-9,14H2,1-2H3,(H,29,34)(H,28,30,37). The van der Waals surface area contributed by atoms with Crippen LogP contribution in [-0.4, -0.2) is 51.3 Å². The number of aryl methyl sites for hydroxylation is 1. The molecule has 4 aromatic rings. The molecule has 6 rings (SSSR count). The number of hydrogen-bond acceptors (Lipinski definition) is 6. The smallest absolute Gasteiger partial charge is 0.327 e. The summed E-state index contributed by atoms with van der Waals surface area (Å²) in [5.74, 6) is 0.318. The molecular weight excluding hydrogens is 472 g/mol. The number of carbonyl (C=O) groups is 2. The number of aromatic nitrogens is 4. The lowest BCUT2D eigenvalue weighted by Crippen LogP contribution is -2.38. The molecule has 0 bridgehead atoms. The van der Waals surface area contributed by atoms with Gasteiger partial charge in [0.05, 0.1) is 11.9 Å². The van der Waals surface area contributed by atoms with E-state index in [1.165, 1.54) is 6.07 Å². The molecule has 0 aliphatic carbocycles. The van der Waals surface area contributed by atoms with Gasteiger partial charge in [0.25, 0.3) is 0 Å². The summed E-state index contributed by atoms with van der Waals surface area (Å²) in [5.41, 5.74) is 4.11. The van der Waals surface area contributed by atoms with Gasteiger partial charge in [0.1, 0.15) is 5.82 Å². The number of aromatic amines is 2. The Hall–Kier alpha value is -4.47. The fraction of sp³-hybridized carbons (Fsp3) is 0.296. The molecular formula is C27H26N6O4. The SMILES string of the molecule is Cc1cc(C(=O)c2cc(N3CCC(n4c(=O)[nH]c5ncccc54)CC3)[nH]c(=O)c2)cc2c1N(C)C(=O)C2. The first-order valence-electron chi connectivity index (χ1n) is 12.3. The molecule has 10 nitrogen and oxygen atoms in total. The molecule has 1 fully saturated rings. The van der Waals surface area contributed by atoms with Gasteiger partial charge in [0, 0.05) is 55.3 Å². The van der Waals surface area contributed by atoms with Crippen LogP contribution in [0.15, 0.2) is 52.2 Å². The molecule has 1 aromatic carbocycles. The van der Waals surface area contributed by atoms with Crippen LogP contribution in [0.4, 0.5) is 11.5 Å². The Morgan fingerprint density at radius 1 is 1.03 bits per heavy atom. The molecule has 0 spiro atoms. The first kappa shape index (κ1) is 23.0. The predicted octanol–water partition coefficient (Wildman–Crippen LogP) is 2.31. The van der Waals surface area contributed by atoms with Crippen LogP contribution < -0.4 is 21.0 Å². The van der Waals surface area contributed by atoms with Crippen LogP contribution in [0.2, 0.25) is 0 Å². The van der Waals surface area contributed by atoms with Gasteiger partial charge < -0.3 is 14.8 Å². The first-order valence-corrected chi connectivity index (χ1v) is 12.3. The number of benzene rings is 1. The fourth-order valence-electron chi connectivity index (χ4n) is 5.69. The number of piperidine rings is 1. The van der Waals surface area contributed by atoms with E-state index in [-0.39, 0.29) is 35.4 Å². The Morgan fingerprint density at radius 3 is 2.57 bits per heavy atom. The maximum atomic E-state index is 13.4. The Labute approximate surface area is 211 Å². The van der Waals surface area contributed by atoms with Crippen LogP contribution in [0.1, 0.15) is 45.9 Å². The van der Waals surface area contributed by atoms with Crippen LogP contribution in [0, 0.1) is 6.92 Å². The van der Waals surface area contributed by atoms with Crippen molar-refractivity contribution in [2.45, 2.75) is 32.2 Å². The van der Waals surface area contributed by atoms with Crippen molar-refractivity contribution in [2.24, 2.45) is 0 Å². The lowest BCUT2D eigenvalue weighted by Gasteiger charge is -2.33. The maximum absolute atomic E-state index is 13.4. The van der Waals surface area contributed by atoms with E-state index in [2.05, 4.69) is 15.0 Å². The summed E-state index contributed by atoms with van der Waals surface area (Å²) in [7, 11) is 1.74. The number of anilines is 2. The van der Waals surface area contributed by atoms with E-state index in [9.17, 15) is 19.2 Å². The van der Waals surface area contributed by atoms with E-state index in [1.54, 1.807) is 40.9 Å². The average molecular weight is 499 g/mol. The molecule has 2 N–H and O–H groups in total. The van der Waals surface area contributed by atoms with E-state index >= 15 is 0 Å². The summed E-state index contributed by atoms with van der Waals surface area (Å²) in [6.07, 6.45) is 3.32. The van der Waals surface area contributed by atoms with E-state index < -0.39 is 0 Å². The number of amides is 1. The molecule has 0 unspecified atom stereocenters. The number of nitrogens with one attached hydrogen (secondary N) is 2. The van der Waals surface area contributed by atoms with Crippen LogP contribution in [0.5, 0.6) is 0 Å². The third kappa shape index (κ3) is 3.85. The van der Waals surface area contributed by atoms with Gasteiger partial charge in [-0.2, -0.15) is 0 Å². The largest absolute Gasteiger partial charge is 0.358 e. The van der Waals surface area contributed by atoms with Crippen LogP contribution in [0.25, 0.3) is 11.2 Å². The molecule has 0 saturated carbocycles. The van der Waals surface area contributed by atoms with Gasteiger partial charge in [-0.3, -0.25) is 23.9 Å².